The summed E-state index contributed by atoms with van der Waals surface area (Å²) in [6, 6.07) is 4.18. The van der Waals surface area contributed by atoms with Gasteiger partial charge in [-0.1, -0.05) is 12.5 Å². The molecule has 1 aromatic heterocycles. The van der Waals surface area contributed by atoms with Crippen molar-refractivity contribution >= 4 is 34.9 Å². The van der Waals surface area contributed by atoms with E-state index in [2.05, 4.69) is 22.4 Å². The van der Waals surface area contributed by atoms with Gasteiger partial charge in [0.05, 0.1) is 5.75 Å². The summed E-state index contributed by atoms with van der Waals surface area (Å²) in [6.45, 7) is 5.22. The molecule has 1 aromatic rings. The Kier molecular flexibility index (Phi) is 5.33. The molecule has 2 amide bonds. The second-order valence-electron chi connectivity index (χ2n) is 7.06. The molecule has 3 heterocycles. The highest BCUT2D eigenvalue weighted by Gasteiger charge is 2.34. The number of piperazine rings is 1. The van der Waals surface area contributed by atoms with Crippen LogP contribution in [0.1, 0.15) is 29.5 Å². The number of thiophene rings is 1. The smallest absolute Gasteiger partial charge is 0.233 e. The van der Waals surface area contributed by atoms with E-state index in [1.165, 1.54) is 11.3 Å². The largest absolute Gasteiger partial charge is 0.340 e. The fourth-order valence-electron chi connectivity index (χ4n) is 3.72. The van der Waals surface area contributed by atoms with Crippen LogP contribution < -0.4 is 0 Å². The molecular formula is C18H25N3O2S2. The summed E-state index contributed by atoms with van der Waals surface area (Å²) in [5.74, 6) is 1.51. The minimum absolute atomic E-state index is 0.189. The summed E-state index contributed by atoms with van der Waals surface area (Å²) >= 11 is 3.46. The van der Waals surface area contributed by atoms with E-state index in [1.54, 1.807) is 23.1 Å². The van der Waals surface area contributed by atoms with Crippen LogP contribution in [-0.4, -0.2) is 71.5 Å². The number of nitrogens with zero attached hydrogens (tertiary/aromatic N) is 3. The van der Waals surface area contributed by atoms with Gasteiger partial charge in [-0.3, -0.25) is 14.5 Å². The van der Waals surface area contributed by atoms with E-state index in [0.717, 1.165) is 52.1 Å². The zero-order valence-corrected chi connectivity index (χ0v) is 16.1. The molecule has 5 nitrogen and oxygen atoms in total. The first-order valence-corrected chi connectivity index (χ1v) is 11.1. The molecule has 0 aromatic carbocycles. The molecule has 3 aliphatic rings. The van der Waals surface area contributed by atoms with Crippen molar-refractivity contribution < 1.29 is 9.59 Å². The Labute approximate surface area is 157 Å². The van der Waals surface area contributed by atoms with Gasteiger partial charge in [-0.2, -0.15) is 0 Å². The number of carbonyl (C=O) groups excluding carboxylic acids is 2. The highest BCUT2D eigenvalue weighted by molar-refractivity contribution is 8.00. The first-order valence-electron chi connectivity index (χ1n) is 9.18. The Hall–Kier alpha value is -1.05. The van der Waals surface area contributed by atoms with E-state index in [0.29, 0.717) is 17.6 Å². The lowest BCUT2D eigenvalue weighted by Gasteiger charge is -2.38. The van der Waals surface area contributed by atoms with Crippen molar-refractivity contribution in [3.63, 3.8) is 0 Å². The standard InChI is InChI=1S/C18H25N3O2S2/c22-16-13-25-18(15-5-2-12-24-15)21(16)11-8-19-6-9-20(10-7-19)17(23)14-3-1-4-14/h2,5,12,14,18H,1,3-4,6-11,13H2/t18-/m1/s1. The van der Waals surface area contributed by atoms with Crippen molar-refractivity contribution in [2.45, 2.75) is 24.6 Å². The van der Waals surface area contributed by atoms with E-state index >= 15 is 0 Å². The monoisotopic (exact) mass is 379 g/mol. The van der Waals surface area contributed by atoms with Gasteiger partial charge in [-0.25, -0.2) is 0 Å². The molecule has 2 saturated heterocycles. The maximum atomic E-state index is 12.3. The lowest BCUT2D eigenvalue weighted by molar-refractivity contribution is -0.139. The van der Waals surface area contributed by atoms with Crippen molar-refractivity contribution in [1.82, 2.24) is 14.7 Å². The van der Waals surface area contributed by atoms with E-state index < -0.39 is 0 Å². The summed E-state index contributed by atoms with van der Waals surface area (Å²) in [6.07, 6.45) is 3.37. The summed E-state index contributed by atoms with van der Waals surface area (Å²) in [5, 5.41) is 2.27. The molecule has 1 saturated carbocycles. The normalized spacial score (nSPS) is 25.4. The topological polar surface area (TPSA) is 43.9 Å². The second-order valence-corrected chi connectivity index (χ2v) is 9.11. The van der Waals surface area contributed by atoms with Crippen LogP contribution in [0, 0.1) is 5.92 Å². The Morgan fingerprint density at radius 1 is 1.16 bits per heavy atom. The Balaban J connectivity index is 1.26. The van der Waals surface area contributed by atoms with Gasteiger partial charge in [0.15, 0.2) is 0 Å². The number of hydrogen-bond donors (Lipinski definition) is 0. The molecule has 0 spiro atoms. The van der Waals surface area contributed by atoms with Gasteiger partial charge in [0.2, 0.25) is 11.8 Å². The molecule has 136 valence electrons. The van der Waals surface area contributed by atoms with Crippen LogP contribution in [0.3, 0.4) is 0 Å². The van der Waals surface area contributed by atoms with Crippen molar-refractivity contribution in [3.05, 3.63) is 22.4 Å². The minimum atomic E-state index is 0.189. The Bertz CT molecular complexity index is 610. The van der Waals surface area contributed by atoms with Gasteiger partial charge in [-0.15, -0.1) is 23.1 Å². The predicted molar refractivity (Wildman–Crippen MR) is 102 cm³/mol. The predicted octanol–water partition coefficient (Wildman–Crippen LogP) is 2.27. The number of hydrogen-bond acceptors (Lipinski definition) is 5. The molecule has 4 rings (SSSR count). The van der Waals surface area contributed by atoms with Crippen molar-refractivity contribution in [3.8, 4) is 0 Å². The summed E-state index contributed by atoms with van der Waals surface area (Å²) in [4.78, 5) is 32.3. The van der Waals surface area contributed by atoms with Gasteiger partial charge < -0.3 is 9.80 Å². The number of carbonyl (C=O) groups is 2. The van der Waals surface area contributed by atoms with Crippen LogP contribution in [-0.2, 0) is 9.59 Å². The van der Waals surface area contributed by atoms with E-state index in [4.69, 9.17) is 0 Å². The van der Waals surface area contributed by atoms with E-state index in [9.17, 15) is 9.59 Å². The highest BCUT2D eigenvalue weighted by Crippen LogP contribution is 2.40. The van der Waals surface area contributed by atoms with E-state index in [1.807, 2.05) is 9.80 Å². The molecule has 1 aliphatic carbocycles. The molecule has 0 N–H and O–H groups in total. The van der Waals surface area contributed by atoms with Crippen molar-refractivity contribution in [1.29, 1.82) is 0 Å². The lowest BCUT2D eigenvalue weighted by Crippen LogP contribution is -2.52. The molecule has 25 heavy (non-hydrogen) atoms. The third-order valence-corrected chi connectivity index (χ3v) is 7.86. The zero-order valence-electron chi connectivity index (χ0n) is 14.4. The summed E-state index contributed by atoms with van der Waals surface area (Å²) in [5.41, 5.74) is 0. The minimum Gasteiger partial charge on any atom is -0.340 e. The summed E-state index contributed by atoms with van der Waals surface area (Å²) < 4.78 is 0. The van der Waals surface area contributed by atoms with Crippen molar-refractivity contribution in [2.24, 2.45) is 5.92 Å². The number of amides is 2. The van der Waals surface area contributed by atoms with E-state index in [-0.39, 0.29) is 11.3 Å². The number of rotatable bonds is 5. The van der Waals surface area contributed by atoms with Crippen LogP contribution in [0.2, 0.25) is 0 Å². The molecule has 0 bridgehead atoms. The first-order chi connectivity index (χ1) is 12.2. The second kappa shape index (κ2) is 7.68. The first kappa shape index (κ1) is 17.4. The third kappa shape index (κ3) is 3.73. The molecule has 7 heteroatoms. The maximum absolute atomic E-state index is 12.3. The summed E-state index contributed by atoms with van der Waals surface area (Å²) in [7, 11) is 0. The van der Waals surface area contributed by atoms with Crippen molar-refractivity contribution in [2.75, 3.05) is 45.0 Å². The number of thioether (sulfide) groups is 1. The lowest BCUT2D eigenvalue weighted by atomic mass is 9.84. The third-order valence-electron chi connectivity index (χ3n) is 5.55. The average molecular weight is 380 g/mol. The molecule has 0 unspecified atom stereocenters. The Morgan fingerprint density at radius 3 is 2.60 bits per heavy atom. The highest BCUT2D eigenvalue weighted by atomic mass is 32.2. The van der Waals surface area contributed by atoms with Gasteiger partial charge in [-0.05, 0) is 24.3 Å². The zero-order chi connectivity index (χ0) is 17.2. The fourth-order valence-corrected chi connectivity index (χ4v) is 5.92. The average Bonchev–Trinajstić information content (AvgIpc) is 3.21. The van der Waals surface area contributed by atoms with Gasteiger partial charge in [0.25, 0.3) is 0 Å². The van der Waals surface area contributed by atoms with Crippen LogP contribution in [0.15, 0.2) is 17.5 Å². The van der Waals surface area contributed by atoms with Crippen LogP contribution >= 0.6 is 23.1 Å². The SMILES string of the molecule is O=C(C1CCC1)N1CCN(CCN2C(=O)CS[C@@H]2c2cccs2)CC1. The quantitative estimate of drug-likeness (QED) is 0.787. The van der Waals surface area contributed by atoms with Crippen LogP contribution in [0.5, 0.6) is 0 Å². The molecular weight excluding hydrogens is 354 g/mol. The maximum Gasteiger partial charge on any atom is 0.233 e. The van der Waals surface area contributed by atoms with Gasteiger partial charge >= 0.3 is 0 Å². The van der Waals surface area contributed by atoms with Crippen LogP contribution in [0.25, 0.3) is 0 Å². The molecule has 3 fully saturated rings. The molecule has 2 aliphatic heterocycles. The molecule has 1 atom stereocenters. The van der Waals surface area contributed by atoms with Crippen LogP contribution in [0.4, 0.5) is 0 Å². The Morgan fingerprint density at radius 2 is 1.96 bits per heavy atom. The fraction of sp³-hybridized carbons (Fsp3) is 0.667. The van der Waals surface area contributed by atoms with Gasteiger partial charge in [0, 0.05) is 50.1 Å². The van der Waals surface area contributed by atoms with Gasteiger partial charge in [0.1, 0.15) is 5.37 Å². The molecule has 0 radical (unpaired) electrons.